The third-order valence-corrected chi connectivity index (χ3v) is 4.90. The minimum Gasteiger partial charge on any atom is -0.459 e. The highest BCUT2D eigenvalue weighted by Crippen LogP contribution is 2.33. The summed E-state index contributed by atoms with van der Waals surface area (Å²) in [7, 11) is 0. The lowest BCUT2D eigenvalue weighted by molar-refractivity contribution is -0.155. The van der Waals surface area contributed by atoms with Crippen molar-refractivity contribution >= 4 is 17.6 Å². The molecular formula is C22H26ClNO4. The smallest absolute Gasteiger partial charge is 0.326 e. The molecule has 0 saturated carbocycles. The van der Waals surface area contributed by atoms with Crippen LogP contribution in [0.3, 0.4) is 0 Å². The van der Waals surface area contributed by atoms with E-state index in [2.05, 4.69) is 6.92 Å². The Balaban J connectivity index is 2.03. The van der Waals surface area contributed by atoms with Crippen LogP contribution in [0.5, 0.6) is 0 Å². The molecule has 0 spiro atoms. The van der Waals surface area contributed by atoms with E-state index >= 15 is 0 Å². The maximum Gasteiger partial charge on any atom is 0.326 e. The van der Waals surface area contributed by atoms with Gasteiger partial charge in [0.2, 0.25) is 0 Å². The van der Waals surface area contributed by atoms with Crippen molar-refractivity contribution in [3.8, 4) is 11.1 Å². The molecule has 2 aromatic rings. The van der Waals surface area contributed by atoms with Crippen LogP contribution in [-0.2, 0) is 33.8 Å². The summed E-state index contributed by atoms with van der Waals surface area (Å²) in [5.74, 6) is -0.448. The van der Waals surface area contributed by atoms with Crippen LogP contribution in [0.2, 0.25) is 5.02 Å². The van der Waals surface area contributed by atoms with Crippen molar-refractivity contribution in [2.45, 2.75) is 65.4 Å². The molecule has 150 valence electrons. The van der Waals surface area contributed by atoms with Gasteiger partial charge in [0.05, 0.1) is 12.7 Å². The second-order valence-corrected chi connectivity index (χ2v) is 8.55. The first-order valence-electron chi connectivity index (χ1n) is 9.52. The van der Waals surface area contributed by atoms with Crippen molar-refractivity contribution in [1.29, 1.82) is 0 Å². The second kappa shape index (κ2) is 8.10. The molecule has 5 nitrogen and oxygen atoms in total. The summed E-state index contributed by atoms with van der Waals surface area (Å²) >= 11 is 6.23. The largest absolute Gasteiger partial charge is 0.459 e. The van der Waals surface area contributed by atoms with E-state index in [0.717, 1.165) is 35.1 Å². The van der Waals surface area contributed by atoms with Gasteiger partial charge in [-0.15, -0.1) is 0 Å². The normalized spacial score (nSPS) is 16.5. The fourth-order valence-corrected chi connectivity index (χ4v) is 3.55. The summed E-state index contributed by atoms with van der Waals surface area (Å²) in [4.78, 5) is 24.9. The van der Waals surface area contributed by atoms with Gasteiger partial charge in [-0.1, -0.05) is 24.6 Å². The first-order valence-corrected chi connectivity index (χ1v) is 9.89. The van der Waals surface area contributed by atoms with Crippen molar-refractivity contribution < 1.29 is 14.3 Å². The van der Waals surface area contributed by atoms with Crippen LogP contribution in [0.25, 0.3) is 11.1 Å². The minimum absolute atomic E-state index is 0.0827. The van der Waals surface area contributed by atoms with Gasteiger partial charge in [-0.2, -0.15) is 0 Å². The number of aromatic nitrogens is 1. The van der Waals surface area contributed by atoms with Gasteiger partial charge >= 0.3 is 5.97 Å². The Bertz CT molecular complexity index is 943. The van der Waals surface area contributed by atoms with Gasteiger partial charge in [0.1, 0.15) is 12.1 Å². The maximum absolute atomic E-state index is 12.7. The number of hydrogen-bond acceptors (Lipinski definition) is 4. The molecule has 0 N–H and O–H groups in total. The van der Waals surface area contributed by atoms with Crippen LogP contribution >= 0.6 is 11.6 Å². The van der Waals surface area contributed by atoms with Crippen LogP contribution in [0.1, 0.15) is 45.2 Å². The lowest BCUT2D eigenvalue weighted by atomic mass is 9.92. The zero-order valence-electron chi connectivity index (χ0n) is 16.8. The summed E-state index contributed by atoms with van der Waals surface area (Å²) in [6.07, 6.45) is 3.43. The molecule has 3 rings (SSSR count). The van der Waals surface area contributed by atoms with Crippen LogP contribution in [0.15, 0.2) is 35.3 Å². The van der Waals surface area contributed by atoms with Gasteiger partial charge in [-0.3, -0.25) is 9.59 Å². The van der Waals surface area contributed by atoms with Crippen LogP contribution in [0.4, 0.5) is 0 Å². The van der Waals surface area contributed by atoms with E-state index < -0.39 is 11.6 Å². The molecule has 1 aromatic carbocycles. The van der Waals surface area contributed by atoms with Crippen molar-refractivity contribution in [1.82, 2.24) is 4.57 Å². The van der Waals surface area contributed by atoms with Crippen LogP contribution in [0, 0.1) is 0 Å². The van der Waals surface area contributed by atoms with Crippen molar-refractivity contribution in [2.24, 2.45) is 0 Å². The maximum atomic E-state index is 12.7. The number of carbonyl (C=O) groups excluding carboxylic acids is 1. The standard InChI is InChI=1S/C22H26ClNO4/c1-5-17-8-14-6-7-16(23)9-18(14)19-10-20(25)24(11-15(19)13-27-17)12-21(26)28-22(2,3)4/h6-7,9-11,17H,5,8,12-13H2,1-4H3. The highest BCUT2D eigenvalue weighted by molar-refractivity contribution is 6.30. The molecule has 28 heavy (non-hydrogen) atoms. The van der Waals surface area contributed by atoms with E-state index in [1.807, 2.05) is 18.2 Å². The van der Waals surface area contributed by atoms with Gasteiger partial charge in [0, 0.05) is 22.8 Å². The number of nitrogens with zero attached hydrogens (tertiary/aromatic N) is 1. The molecule has 1 aromatic heterocycles. The van der Waals surface area contributed by atoms with Crippen molar-refractivity contribution in [3.63, 3.8) is 0 Å². The van der Waals surface area contributed by atoms with Gasteiger partial charge in [0.25, 0.3) is 5.56 Å². The third kappa shape index (κ3) is 4.83. The monoisotopic (exact) mass is 403 g/mol. The van der Waals surface area contributed by atoms with Gasteiger partial charge < -0.3 is 14.0 Å². The molecule has 1 aliphatic rings. The average Bonchev–Trinajstić information content (AvgIpc) is 2.58. The number of pyridine rings is 1. The summed E-state index contributed by atoms with van der Waals surface area (Å²) in [6.45, 7) is 7.72. The predicted molar refractivity (Wildman–Crippen MR) is 110 cm³/mol. The Hall–Kier alpha value is -2.11. The molecule has 0 saturated heterocycles. The van der Waals surface area contributed by atoms with E-state index in [4.69, 9.17) is 21.1 Å². The highest BCUT2D eigenvalue weighted by Gasteiger charge is 2.22. The molecular weight excluding hydrogens is 378 g/mol. The fraction of sp³-hybridized carbons (Fsp3) is 0.455. The average molecular weight is 404 g/mol. The van der Waals surface area contributed by atoms with E-state index in [-0.39, 0.29) is 18.2 Å². The molecule has 0 aliphatic carbocycles. The number of halogens is 1. The third-order valence-electron chi connectivity index (χ3n) is 4.67. The van der Waals surface area contributed by atoms with Gasteiger partial charge in [-0.25, -0.2) is 0 Å². The Morgan fingerprint density at radius 3 is 2.64 bits per heavy atom. The summed E-state index contributed by atoms with van der Waals surface area (Å²) < 4.78 is 12.8. The van der Waals surface area contributed by atoms with Crippen LogP contribution < -0.4 is 5.56 Å². The Kier molecular flexibility index (Phi) is 5.96. The Morgan fingerprint density at radius 1 is 1.25 bits per heavy atom. The SMILES string of the molecule is CCC1Cc2ccc(Cl)cc2-c2cc(=O)n(CC(=O)OC(C)(C)C)cc2CO1. The molecule has 2 heterocycles. The summed E-state index contributed by atoms with van der Waals surface area (Å²) in [5.41, 5.74) is 2.84. The van der Waals surface area contributed by atoms with E-state index in [1.54, 1.807) is 33.0 Å². The first-order chi connectivity index (χ1) is 13.2. The molecule has 0 bridgehead atoms. The summed E-state index contributed by atoms with van der Waals surface area (Å²) in [6, 6.07) is 7.30. The quantitative estimate of drug-likeness (QED) is 0.714. The number of benzene rings is 1. The lowest BCUT2D eigenvalue weighted by Gasteiger charge is -2.25. The molecule has 0 radical (unpaired) electrons. The van der Waals surface area contributed by atoms with E-state index in [1.165, 1.54) is 4.57 Å². The van der Waals surface area contributed by atoms with Gasteiger partial charge in [0.15, 0.2) is 0 Å². The van der Waals surface area contributed by atoms with Gasteiger partial charge in [-0.05, 0) is 62.4 Å². The first kappa shape index (κ1) is 20.6. The molecule has 1 aliphatic heterocycles. The van der Waals surface area contributed by atoms with Crippen molar-refractivity contribution in [2.75, 3.05) is 0 Å². The Labute approximate surface area is 170 Å². The fourth-order valence-electron chi connectivity index (χ4n) is 3.37. The summed E-state index contributed by atoms with van der Waals surface area (Å²) in [5, 5.41) is 0.622. The van der Waals surface area contributed by atoms with Crippen LogP contribution in [-0.4, -0.2) is 22.2 Å². The molecule has 6 heteroatoms. The zero-order valence-corrected chi connectivity index (χ0v) is 17.5. The topological polar surface area (TPSA) is 57.5 Å². The number of fused-ring (bicyclic) bond motifs is 3. The highest BCUT2D eigenvalue weighted by atomic mass is 35.5. The van der Waals surface area contributed by atoms with E-state index in [9.17, 15) is 9.59 Å². The Morgan fingerprint density at radius 2 is 1.96 bits per heavy atom. The number of rotatable bonds is 3. The van der Waals surface area contributed by atoms with Crippen molar-refractivity contribution in [3.05, 3.63) is 57.0 Å². The molecule has 1 atom stereocenters. The number of hydrogen-bond donors (Lipinski definition) is 0. The molecule has 1 unspecified atom stereocenters. The van der Waals surface area contributed by atoms with E-state index in [0.29, 0.717) is 11.6 Å². The number of ether oxygens (including phenoxy) is 2. The zero-order chi connectivity index (χ0) is 20.5. The lowest BCUT2D eigenvalue weighted by Crippen LogP contribution is -2.31. The minimum atomic E-state index is -0.600. The molecule has 0 fully saturated rings. The predicted octanol–water partition coefficient (Wildman–Crippen LogP) is 4.36. The number of esters is 1. The second-order valence-electron chi connectivity index (χ2n) is 8.11. The number of carbonyl (C=O) groups is 1. The molecule has 0 amide bonds.